The van der Waals surface area contributed by atoms with Crippen molar-refractivity contribution in [1.82, 2.24) is 9.97 Å². The van der Waals surface area contributed by atoms with Crippen LogP contribution in [0.25, 0.3) is 0 Å². The lowest BCUT2D eigenvalue weighted by atomic mass is 10.1. The van der Waals surface area contributed by atoms with Gasteiger partial charge in [-0.15, -0.1) is 0 Å². The first kappa shape index (κ1) is 17.2. The summed E-state index contributed by atoms with van der Waals surface area (Å²) in [4.78, 5) is 8.85. The van der Waals surface area contributed by atoms with Gasteiger partial charge in [0.25, 0.3) is 0 Å². The third-order valence-electron chi connectivity index (χ3n) is 3.58. The third-order valence-corrected chi connectivity index (χ3v) is 3.58. The summed E-state index contributed by atoms with van der Waals surface area (Å²) in [6.07, 6.45) is 4.13. The summed E-state index contributed by atoms with van der Waals surface area (Å²) in [7, 11) is 0. The average molecular weight is 316 g/mol. The standard InChI is InChI=1S/C18H25FN4/c1-3-4-7-11-21-18-22-14(2)13-17(23-18)20-12-10-15-8-5-6-9-16(15)19/h5-6,8-9,13H,3-4,7,10-12H2,1-2H3,(H2,20,21,22,23). The van der Waals surface area contributed by atoms with Crippen LogP contribution in [-0.4, -0.2) is 23.1 Å². The van der Waals surface area contributed by atoms with Gasteiger partial charge in [0.05, 0.1) is 0 Å². The normalized spacial score (nSPS) is 10.6. The Balaban J connectivity index is 1.87. The van der Waals surface area contributed by atoms with Crippen LogP contribution in [0.4, 0.5) is 16.2 Å². The molecule has 0 aliphatic heterocycles. The molecule has 23 heavy (non-hydrogen) atoms. The molecule has 0 atom stereocenters. The van der Waals surface area contributed by atoms with E-state index in [2.05, 4.69) is 27.5 Å². The van der Waals surface area contributed by atoms with E-state index in [9.17, 15) is 4.39 Å². The Morgan fingerprint density at radius 3 is 2.65 bits per heavy atom. The van der Waals surface area contributed by atoms with Crippen molar-refractivity contribution in [2.45, 2.75) is 39.5 Å². The first-order valence-electron chi connectivity index (χ1n) is 8.26. The number of nitrogens with one attached hydrogen (secondary N) is 2. The van der Waals surface area contributed by atoms with Gasteiger partial charge in [0.1, 0.15) is 11.6 Å². The number of rotatable bonds is 9. The Morgan fingerprint density at radius 2 is 1.87 bits per heavy atom. The van der Waals surface area contributed by atoms with E-state index in [1.54, 1.807) is 6.07 Å². The smallest absolute Gasteiger partial charge is 0.224 e. The van der Waals surface area contributed by atoms with E-state index in [4.69, 9.17) is 0 Å². The van der Waals surface area contributed by atoms with Gasteiger partial charge < -0.3 is 10.6 Å². The monoisotopic (exact) mass is 316 g/mol. The molecule has 1 aromatic heterocycles. The summed E-state index contributed by atoms with van der Waals surface area (Å²) in [5.41, 5.74) is 1.62. The minimum absolute atomic E-state index is 0.161. The highest BCUT2D eigenvalue weighted by Gasteiger charge is 2.03. The van der Waals surface area contributed by atoms with Gasteiger partial charge >= 0.3 is 0 Å². The van der Waals surface area contributed by atoms with Crippen molar-refractivity contribution in [1.29, 1.82) is 0 Å². The van der Waals surface area contributed by atoms with Crippen molar-refractivity contribution in [2.75, 3.05) is 23.7 Å². The van der Waals surface area contributed by atoms with Crippen LogP contribution in [-0.2, 0) is 6.42 Å². The molecule has 0 saturated carbocycles. The highest BCUT2D eigenvalue weighted by molar-refractivity contribution is 5.42. The molecule has 124 valence electrons. The Labute approximate surface area is 137 Å². The molecule has 0 fully saturated rings. The molecule has 2 N–H and O–H groups in total. The van der Waals surface area contributed by atoms with Crippen LogP contribution in [0, 0.1) is 12.7 Å². The molecule has 5 heteroatoms. The molecule has 0 bridgehead atoms. The maximum atomic E-state index is 13.6. The number of nitrogens with zero attached hydrogens (tertiary/aromatic N) is 2. The maximum absolute atomic E-state index is 13.6. The topological polar surface area (TPSA) is 49.8 Å². The molecular formula is C18H25FN4. The molecule has 4 nitrogen and oxygen atoms in total. The average Bonchev–Trinajstić information content (AvgIpc) is 2.53. The number of unbranched alkanes of at least 4 members (excludes halogenated alkanes) is 2. The zero-order chi connectivity index (χ0) is 16.5. The van der Waals surface area contributed by atoms with Crippen molar-refractivity contribution < 1.29 is 4.39 Å². The molecule has 2 rings (SSSR count). The van der Waals surface area contributed by atoms with E-state index in [-0.39, 0.29) is 5.82 Å². The number of aryl methyl sites for hydroxylation is 1. The van der Waals surface area contributed by atoms with E-state index >= 15 is 0 Å². The minimum atomic E-state index is -0.161. The lowest BCUT2D eigenvalue weighted by Crippen LogP contribution is -2.11. The summed E-state index contributed by atoms with van der Waals surface area (Å²) in [6.45, 7) is 5.64. The fourth-order valence-electron chi connectivity index (χ4n) is 2.34. The fourth-order valence-corrected chi connectivity index (χ4v) is 2.34. The van der Waals surface area contributed by atoms with Crippen LogP contribution in [0.5, 0.6) is 0 Å². The number of benzene rings is 1. The highest BCUT2D eigenvalue weighted by Crippen LogP contribution is 2.11. The van der Waals surface area contributed by atoms with Gasteiger partial charge in [0.15, 0.2) is 0 Å². The Morgan fingerprint density at radius 1 is 1.04 bits per heavy atom. The first-order valence-corrected chi connectivity index (χ1v) is 8.26. The van der Waals surface area contributed by atoms with Crippen molar-refractivity contribution in [3.05, 3.63) is 47.4 Å². The number of hydrogen-bond acceptors (Lipinski definition) is 4. The zero-order valence-corrected chi connectivity index (χ0v) is 13.9. The molecule has 1 heterocycles. The highest BCUT2D eigenvalue weighted by atomic mass is 19.1. The lowest BCUT2D eigenvalue weighted by molar-refractivity contribution is 0.610. The van der Waals surface area contributed by atoms with E-state index in [1.807, 2.05) is 25.1 Å². The van der Waals surface area contributed by atoms with Gasteiger partial charge in [-0.3, -0.25) is 0 Å². The molecule has 1 aromatic carbocycles. The lowest BCUT2D eigenvalue weighted by Gasteiger charge is -2.10. The Kier molecular flexibility index (Phi) is 6.78. The summed E-state index contributed by atoms with van der Waals surface area (Å²) < 4.78 is 13.6. The number of hydrogen-bond donors (Lipinski definition) is 2. The van der Waals surface area contributed by atoms with E-state index in [1.165, 1.54) is 18.9 Å². The van der Waals surface area contributed by atoms with Crippen molar-refractivity contribution in [2.24, 2.45) is 0 Å². The van der Waals surface area contributed by atoms with E-state index in [0.29, 0.717) is 24.5 Å². The SMILES string of the molecule is CCCCCNc1nc(C)cc(NCCc2ccccc2F)n1. The second-order valence-corrected chi connectivity index (χ2v) is 5.62. The quantitative estimate of drug-likeness (QED) is 0.681. The third kappa shape index (κ3) is 5.85. The molecule has 0 aliphatic rings. The summed E-state index contributed by atoms with van der Waals surface area (Å²) >= 11 is 0. The Hall–Kier alpha value is -2.17. The molecule has 0 spiro atoms. The molecule has 0 saturated heterocycles. The molecule has 0 amide bonds. The van der Waals surface area contributed by atoms with Gasteiger partial charge in [-0.05, 0) is 31.4 Å². The molecule has 0 unspecified atom stereocenters. The minimum Gasteiger partial charge on any atom is -0.370 e. The van der Waals surface area contributed by atoms with Gasteiger partial charge in [-0.25, -0.2) is 9.37 Å². The number of aromatic nitrogens is 2. The first-order chi connectivity index (χ1) is 11.2. The second kappa shape index (κ2) is 9.08. The Bertz CT molecular complexity index is 616. The summed E-state index contributed by atoms with van der Waals surface area (Å²) in [5.74, 6) is 1.26. The molecule has 0 aliphatic carbocycles. The van der Waals surface area contributed by atoms with Crippen molar-refractivity contribution >= 4 is 11.8 Å². The van der Waals surface area contributed by atoms with E-state index in [0.717, 1.165) is 24.5 Å². The molecular weight excluding hydrogens is 291 g/mol. The maximum Gasteiger partial charge on any atom is 0.224 e. The van der Waals surface area contributed by atoms with Gasteiger partial charge in [0.2, 0.25) is 5.95 Å². The van der Waals surface area contributed by atoms with Crippen molar-refractivity contribution in [3.8, 4) is 0 Å². The predicted octanol–water partition coefficient (Wildman–Crippen LogP) is 4.18. The van der Waals surface area contributed by atoms with Crippen molar-refractivity contribution in [3.63, 3.8) is 0 Å². The van der Waals surface area contributed by atoms with Crippen LogP contribution >= 0.6 is 0 Å². The van der Waals surface area contributed by atoms with Crippen LogP contribution in [0.2, 0.25) is 0 Å². The fraction of sp³-hybridized carbons (Fsp3) is 0.444. The predicted molar refractivity (Wildman–Crippen MR) is 93.4 cm³/mol. The summed E-state index contributed by atoms with van der Waals surface area (Å²) in [6, 6.07) is 8.76. The largest absolute Gasteiger partial charge is 0.370 e. The van der Waals surface area contributed by atoms with Crippen LogP contribution < -0.4 is 10.6 Å². The number of anilines is 2. The van der Waals surface area contributed by atoms with Crippen LogP contribution in [0.15, 0.2) is 30.3 Å². The number of halogens is 1. The molecule has 0 radical (unpaired) electrons. The van der Waals surface area contributed by atoms with Crippen LogP contribution in [0.3, 0.4) is 0 Å². The molecule has 2 aromatic rings. The summed E-state index contributed by atoms with van der Waals surface area (Å²) in [5, 5.41) is 6.50. The van der Waals surface area contributed by atoms with Gasteiger partial charge in [-0.1, -0.05) is 38.0 Å². The zero-order valence-electron chi connectivity index (χ0n) is 13.9. The second-order valence-electron chi connectivity index (χ2n) is 5.62. The van der Waals surface area contributed by atoms with Gasteiger partial charge in [-0.2, -0.15) is 4.98 Å². The van der Waals surface area contributed by atoms with Gasteiger partial charge in [0, 0.05) is 24.8 Å². The van der Waals surface area contributed by atoms with E-state index < -0.39 is 0 Å². The van der Waals surface area contributed by atoms with Crippen LogP contribution in [0.1, 0.15) is 37.4 Å².